The maximum absolute atomic E-state index is 16.5. The van der Waals surface area contributed by atoms with Crippen molar-refractivity contribution in [2.75, 3.05) is 18.4 Å². The van der Waals surface area contributed by atoms with E-state index in [9.17, 15) is 9.18 Å². The normalized spacial score (nSPS) is 20.2. The lowest BCUT2D eigenvalue weighted by molar-refractivity contribution is -0.170. The van der Waals surface area contributed by atoms with Crippen LogP contribution in [-0.4, -0.2) is 34.9 Å². The molecule has 1 fully saturated rings. The van der Waals surface area contributed by atoms with Gasteiger partial charge in [-0.2, -0.15) is 8.78 Å². The Morgan fingerprint density at radius 2 is 1.92 bits per heavy atom. The summed E-state index contributed by atoms with van der Waals surface area (Å²) in [7, 11) is 0. The number of nitrogens with one attached hydrogen (secondary N) is 1. The number of alkyl halides is 1. The highest BCUT2D eigenvalue weighted by atomic mass is 32.1. The van der Waals surface area contributed by atoms with Crippen molar-refractivity contribution in [2.24, 2.45) is 5.41 Å². The molecule has 4 rings (SSSR count). The lowest BCUT2D eigenvalue weighted by Crippen LogP contribution is -2.50. The maximum atomic E-state index is 16.5. The monoisotopic (exact) mass is 513 g/mol. The minimum Gasteiger partial charge on any atom is -0.412 e. The van der Waals surface area contributed by atoms with Crippen LogP contribution in [0.2, 0.25) is 0 Å². The third kappa shape index (κ3) is 5.60. The van der Waals surface area contributed by atoms with Crippen LogP contribution in [0.3, 0.4) is 0 Å². The molecule has 3 aromatic rings. The average Bonchev–Trinajstić information content (AvgIpc) is 3.46. The maximum Gasteiger partial charge on any atom is 0.414 e. The number of halogens is 2. The number of aryl methyl sites for hydroxylation is 2. The van der Waals surface area contributed by atoms with E-state index in [2.05, 4.69) is 35.1 Å². The Hall–Kier alpha value is -2.84. The first kappa shape index (κ1) is 26.2. The van der Waals surface area contributed by atoms with Gasteiger partial charge < -0.3 is 4.74 Å². The summed E-state index contributed by atoms with van der Waals surface area (Å²) in [6, 6.07) is 16.0. The van der Waals surface area contributed by atoms with E-state index in [1.54, 1.807) is 30.3 Å². The topological polar surface area (TPSA) is 54.5 Å². The molecule has 1 aliphatic heterocycles. The van der Waals surface area contributed by atoms with Gasteiger partial charge in [0.15, 0.2) is 5.13 Å². The highest BCUT2D eigenvalue weighted by Crippen LogP contribution is 2.50. The van der Waals surface area contributed by atoms with Crippen LogP contribution in [0.5, 0.6) is 0 Å². The second kappa shape index (κ2) is 10.3. The number of ether oxygens (including phenoxy) is 1. The van der Waals surface area contributed by atoms with Crippen molar-refractivity contribution in [1.29, 1.82) is 0 Å². The smallest absolute Gasteiger partial charge is 0.412 e. The zero-order valence-electron chi connectivity index (χ0n) is 21.2. The van der Waals surface area contributed by atoms with Gasteiger partial charge in [-0.05, 0) is 82.5 Å². The quantitative estimate of drug-likeness (QED) is 0.350. The van der Waals surface area contributed by atoms with Crippen LogP contribution in [0.1, 0.15) is 49.7 Å². The largest absolute Gasteiger partial charge is 0.414 e. The van der Waals surface area contributed by atoms with E-state index < -0.39 is 22.9 Å². The molecule has 36 heavy (non-hydrogen) atoms. The number of para-hydroxylation sites is 1. The number of carbonyl (C=O) groups excluding carboxylic acids is 1. The molecule has 5 nitrogen and oxygen atoms in total. The number of thiophene rings is 1. The number of nitrogens with zero attached hydrogens (tertiary/aromatic N) is 2. The van der Waals surface area contributed by atoms with Gasteiger partial charge in [-0.25, -0.2) is 4.79 Å². The van der Waals surface area contributed by atoms with Gasteiger partial charge in [0.25, 0.3) is 5.85 Å². The van der Waals surface area contributed by atoms with Crippen molar-refractivity contribution in [3.05, 3.63) is 82.1 Å². The number of likely N-dealkylation sites (tertiary alicyclic amines) is 1. The second-order valence-electron chi connectivity index (χ2n) is 10.2. The van der Waals surface area contributed by atoms with Crippen LogP contribution in [0, 0.1) is 17.5 Å². The number of hydrogen-bond donors (Lipinski definition) is 1. The van der Waals surface area contributed by atoms with Crippen LogP contribution < -0.4 is 5.32 Å². The van der Waals surface area contributed by atoms with E-state index in [0.29, 0.717) is 38.0 Å². The molecule has 1 aliphatic rings. The van der Waals surface area contributed by atoms with Crippen LogP contribution >= 0.6 is 11.3 Å². The number of pyridine rings is 1. The van der Waals surface area contributed by atoms with Crippen molar-refractivity contribution >= 4 is 23.1 Å². The van der Waals surface area contributed by atoms with E-state index in [1.165, 1.54) is 13.0 Å². The number of carbonyl (C=O) groups is 1. The van der Waals surface area contributed by atoms with Gasteiger partial charge in [-0.15, -0.1) is 11.3 Å². The molecule has 3 heterocycles. The van der Waals surface area contributed by atoms with Crippen molar-refractivity contribution in [3.8, 4) is 0 Å². The molecule has 0 aliphatic carbocycles. The first-order valence-electron chi connectivity index (χ1n) is 12.2. The van der Waals surface area contributed by atoms with Crippen molar-refractivity contribution in [1.82, 2.24) is 9.88 Å². The Kier molecular flexibility index (Phi) is 7.48. The highest BCUT2D eigenvalue weighted by molar-refractivity contribution is 7.10. The first-order chi connectivity index (χ1) is 17.0. The van der Waals surface area contributed by atoms with Gasteiger partial charge in [-0.3, -0.25) is 15.2 Å². The Labute approximate surface area is 215 Å². The number of aromatic nitrogens is 1. The van der Waals surface area contributed by atoms with Gasteiger partial charge in [0, 0.05) is 41.5 Å². The van der Waals surface area contributed by atoms with Gasteiger partial charge in [0.1, 0.15) is 0 Å². The van der Waals surface area contributed by atoms with Gasteiger partial charge in [0.05, 0.1) is 5.41 Å². The van der Waals surface area contributed by atoms with Gasteiger partial charge in [-0.1, -0.05) is 24.3 Å². The molecule has 0 saturated carbocycles. The van der Waals surface area contributed by atoms with Crippen LogP contribution in [0.4, 0.5) is 19.3 Å². The summed E-state index contributed by atoms with van der Waals surface area (Å²) < 4.78 is 35.6. The number of hydrogen-bond acceptors (Lipinski definition) is 5. The summed E-state index contributed by atoms with van der Waals surface area (Å²) in [4.78, 5) is 20.2. The number of amides is 1. The molecule has 1 aromatic carbocycles. The van der Waals surface area contributed by atoms with E-state index in [4.69, 9.17) is 4.74 Å². The van der Waals surface area contributed by atoms with E-state index >= 15 is 4.39 Å². The van der Waals surface area contributed by atoms with E-state index in [0.717, 1.165) is 27.5 Å². The van der Waals surface area contributed by atoms with Crippen molar-refractivity contribution in [3.63, 3.8) is 0 Å². The summed E-state index contributed by atoms with van der Waals surface area (Å²) in [5.74, 6) is -2.25. The fourth-order valence-electron chi connectivity index (χ4n) is 4.95. The fourth-order valence-corrected chi connectivity index (χ4v) is 5.68. The molecule has 0 spiro atoms. The zero-order valence-corrected chi connectivity index (χ0v) is 22.0. The van der Waals surface area contributed by atoms with Crippen molar-refractivity contribution in [2.45, 2.75) is 58.4 Å². The molecule has 8 heteroatoms. The SMILES string of the molecule is Cc1ccc(C(C)(C)N2CC[C@@](CCc3ccc(F)s3)(C(C)(F)OC(=O)Nc3ccccc3)C2)cn1. The molecular weight excluding hydrogens is 480 g/mol. The zero-order chi connectivity index (χ0) is 26.0. The Bertz CT molecular complexity index is 1180. The lowest BCUT2D eigenvalue weighted by atomic mass is 9.75. The average molecular weight is 514 g/mol. The number of benzene rings is 1. The van der Waals surface area contributed by atoms with Crippen LogP contribution in [0.15, 0.2) is 60.8 Å². The Morgan fingerprint density at radius 3 is 2.56 bits per heavy atom. The Balaban J connectivity index is 1.57. The molecule has 1 unspecified atom stereocenters. The summed E-state index contributed by atoms with van der Waals surface area (Å²) in [6.45, 7) is 8.50. The predicted molar refractivity (Wildman–Crippen MR) is 139 cm³/mol. The van der Waals surface area contributed by atoms with Gasteiger partial charge >= 0.3 is 6.09 Å². The van der Waals surface area contributed by atoms with Crippen LogP contribution in [0.25, 0.3) is 0 Å². The number of anilines is 1. The molecule has 2 aromatic heterocycles. The highest BCUT2D eigenvalue weighted by Gasteiger charge is 2.57. The minimum atomic E-state index is -2.25. The summed E-state index contributed by atoms with van der Waals surface area (Å²) >= 11 is 1.07. The third-order valence-corrected chi connectivity index (χ3v) is 8.43. The van der Waals surface area contributed by atoms with Crippen LogP contribution in [-0.2, 0) is 16.7 Å². The fraction of sp³-hybridized carbons (Fsp3) is 0.429. The molecule has 1 saturated heterocycles. The molecule has 192 valence electrons. The van der Waals surface area contributed by atoms with Crippen molar-refractivity contribution < 1.29 is 18.3 Å². The minimum absolute atomic E-state index is 0.262. The summed E-state index contributed by atoms with van der Waals surface area (Å²) in [5, 5.41) is 2.36. The molecular formula is C28H33F2N3O2S. The van der Waals surface area contributed by atoms with E-state index in [-0.39, 0.29) is 5.13 Å². The molecule has 0 bridgehead atoms. The molecule has 1 N–H and O–H groups in total. The Morgan fingerprint density at radius 1 is 1.17 bits per heavy atom. The second-order valence-corrected chi connectivity index (χ2v) is 11.3. The molecule has 1 amide bonds. The summed E-state index contributed by atoms with van der Waals surface area (Å²) in [6.07, 6.45) is 2.43. The standard InChI is InChI=1S/C28H33F2N3O2S/c1-20-10-11-21(18-31-20)26(2,3)33-17-16-28(19-33,15-14-23-12-13-24(29)36-23)27(4,30)35-25(34)32-22-8-6-5-7-9-22/h5-13,18H,14-17,19H2,1-4H3,(H,32,34)/t27?,28-/m1/s1. The summed E-state index contributed by atoms with van der Waals surface area (Å²) in [5.41, 5.74) is 1.12. The molecule has 0 radical (unpaired) electrons. The molecule has 2 atom stereocenters. The third-order valence-electron chi connectivity index (χ3n) is 7.49. The lowest BCUT2D eigenvalue weighted by Gasteiger charge is -2.42. The van der Waals surface area contributed by atoms with E-state index in [1.807, 2.05) is 25.3 Å². The predicted octanol–water partition coefficient (Wildman–Crippen LogP) is 7.09. The van der Waals surface area contributed by atoms with Gasteiger partial charge in [0.2, 0.25) is 0 Å². The number of rotatable bonds is 8. The first-order valence-corrected chi connectivity index (χ1v) is 13.0.